The molecule has 2 aliphatic rings. The van der Waals surface area contributed by atoms with Gasteiger partial charge in [0.2, 0.25) is 5.91 Å². The maximum absolute atomic E-state index is 12.4. The molecule has 24 heavy (non-hydrogen) atoms. The molecule has 1 aromatic carbocycles. The second-order valence-electron chi connectivity index (χ2n) is 5.86. The first-order valence-electron chi connectivity index (χ1n) is 7.60. The number of hydrogen-bond donors (Lipinski definition) is 1. The number of alkyl halides is 3. The summed E-state index contributed by atoms with van der Waals surface area (Å²) in [6.45, 7) is 1.17. The van der Waals surface area contributed by atoms with Crippen LogP contribution < -0.4 is 5.32 Å². The standard InChI is InChI=1S/C17H17F3N2O2/c18-17(19,20)24-14-6-7-15-13(8-14)10-22(11-16(23)21-15)9-12-4-2-1-3-5-12/h1-7,14H,8-11H2,(H,21,23). The monoisotopic (exact) mass is 338 g/mol. The molecule has 4 nitrogen and oxygen atoms in total. The zero-order valence-electron chi connectivity index (χ0n) is 12.8. The topological polar surface area (TPSA) is 41.6 Å². The zero-order chi connectivity index (χ0) is 17.2. The summed E-state index contributed by atoms with van der Waals surface area (Å²) >= 11 is 0. The Morgan fingerprint density at radius 3 is 2.67 bits per heavy atom. The number of benzene rings is 1. The van der Waals surface area contributed by atoms with Crippen molar-refractivity contribution in [1.82, 2.24) is 10.2 Å². The first-order chi connectivity index (χ1) is 11.4. The van der Waals surface area contributed by atoms with Crippen LogP contribution in [0.1, 0.15) is 12.0 Å². The summed E-state index contributed by atoms with van der Waals surface area (Å²) in [6.07, 6.45) is -2.79. The molecular formula is C17H17F3N2O2. The molecule has 7 heteroatoms. The molecule has 1 aromatic rings. The van der Waals surface area contributed by atoms with Crippen molar-refractivity contribution in [3.8, 4) is 0 Å². The third kappa shape index (κ3) is 4.46. The fourth-order valence-corrected chi connectivity index (χ4v) is 2.95. The van der Waals surface area contributed by atoms with E-state index >= 15 is 0 Å². The lowest BCUT2D eigenvalue weighted by atomic mass is 9.99. The van der Waals surface area contributed by atoms with Gasteiger partial charge in [-0.3, -0.25) is 14.4 Å². The van der Waals surface area contributed by atoms with Crippen molar-refractivity contribution in [2.24, 2.45) is 0 Å². The minimum Gasteiger partial charge on any atom is -0.325 e. The largest absolute Gasteiger partial charge is 0.523 e. The molecule has 0 aromatic heterocycles. The van der Waals surface area contributed by atoms with Crippen molar-refractivity contribution in [1.29, 1.82) is 0 Å². The van der Waals surface area contributed by atoms with Crippen LogP contribution in [0, 0.1) is 0 Å². The van der Waals surface area contributed by atoms with Gasteiger partial charge >= 0.3 is 6.36 Å². The van der Waals surface area contributed by atoms with Gasteiger partial charge in [-0.25, -0.2) is 0 Å². The van der Waals surface area contributed by atoms with Gasteiger partial charge in [0, 0.05) is 25.2 Å². The number of hydrogen-bond acceptors (Lipinski definition) is 3. The highest BCUT2D eigenvalue weighted by molar-refractivity contribution is 5.81. The predicted octanol–water partition coefficient (Wildman–Crippen LogP) is 2.74. The van der Waals surface area contributed by atoms with E-state index in [1.807, 2.05) is 35.2 Å². The van der Waals surface area contributed by atoms with Crippen molar-refractivity contribution >= 4 is 5.91 Å². The first kappa shape index (κ1) is 16.7. The van der Waals surface area contributed by atoms with Crippen LogP contribution in [0.25, 0.3) is 0 Å². The van der Waals surface area contributed by atoms with Crippen LogP contribution in [0.4, 0.5) is 13.2 Å². The molecule has 0 bridgehead atoms. The minimum absolute atomic E-state index is 0.108. The highest BCUT2D eigenvalue weighted by atomic mass is 19.4. The molecule has 1 N–H and O–H groups in total. The van der Waals surface area contributed by atoms with E-state index in [1.165, 1.54) is 12.2 Å². The molecule has 0 saturated heterocycles. The average Bonchev–Trinajstić information content (AvgIpc) is 2.64. The van der Waals surface area contributed by atoms with Gasteiger partial charge in [0.15, 0.2) is 0 Å². The van der Waals surface area contributed by atoms with Crippen molar-refractivity contribution < 1.29 is 22.7 Å². The average molecular weight is 338 g/mol. The second kappa shape index (κ2) is 6.78. The fraction of sp³-hybridized carbons (Fsp3) is 0.353. The van der Waals surface area contributed by atoms with E-state index in [2.05, 4.69) is 10.1 Å². The number of carbonyl (C=O) groups is 1. The highest BCUT2D eigenvalue weighted by Gasteiger charge is 2.35. The Hall–Kier alpha value is -2.12. The number of ether oxygens (including phenoxy) is 1. The van der Waals surface area contributed by atoms with Crippen molar-refractivity contribution in [3.05, 3.63) is 59.3 Å². The van der Waals surface area contributed by atoms with Gasteiger partial charge in [-0.1, -0.05) is 36.4 Å². The molecule has 3 rings (SSSR count). The van der Waals surface area contributed by atoms with E-state index in [4.69, 9.17) is 0 Å². The molecular weight excluding hydrogens is 321 g/mol. The second-order valence-corrected chi connectivity index (χ2v) is 5.86. The van der Waals surface area contributed by atoms with E-state index in [-0.39, 0.29) is 18.9 Å². The summed E-state index contributed by atoms with van der Waals surface area (Å²) in [6, 6.07) is 9.63. The summed E-state index contributed by atoms with van der Waals surface area (Å²) in [5, 5.41) is 2.76. The Morgan fingerprint density at radius 2 is 1.96 bits per heavy atom. The van der Waals surface area contributed by atoms with Gasteiger partial charge in [-0.2, -0.15) is 0 Å². The summed E-state index contributed by atoms with van der Waals surface area (Å²) < 4.78 is 41.4. The van der Waals surface area contributed by atoms with Gasteiger partial charge in [0.05, 0.1) is 12.6 Å². The number of nitrogens with one attached hydrogen (secondary N) is 1. The molecule has 1 aliphatic heterocycles. The third-order valence-corrected chi connectivity index (χ3v) is 3.90. The fourth-order valence-electron chi connectivity index (χ4n) is 2.95. The van der Waals surface area contributed by atoms with E-state index in [1.54, 1.807) is 0 Å². The van der Waals surface area contributed by atoms with Gasteiger partial charge in [-0.15, -0.1) is 13.2 Å². The third-order valence-electron chi connectivity index (χ3n) is 3.90. The molecule has 1 heterocycles. The van der Waals surface area contributed by atoms with E-state index in [9.17, 15) is 18.0 Å². The molecule has 1 unspecified atom stereocenters. The lowest BCUT2D eigenvalue weighted by molar-refractivity contribution is -0.336. The van der Waals surface area contributed by atoms with Crippen LogP contribution in [0.2, 0.25) is 0 Å². The number of carbonyl (C=O) groups excluding carboxylic acids is 1. The normalized spacial score (nSPS) is 22.1. The van der Waals surface area contributed by atoms with E-state index in [0.29, 0.717) is 18.8 Å². The van der Waals surface area contributed by atoms with Gasteiger partial charge in [0.1, 0.15) is 0 Å². The van der Waals surface area contributed by atoms with Gasteiger partial charge in [0.25, 0.3) is 0 Å². The molecule has 128 valence electrons. The van der Waals surface area contributed by atoms with Crippen molar-refractivity contribution in [3.63, 3.8) is 0 Å². The van der Waals surface area contributed by atoms with Crippen molar-refractivity contribution in [2.45, 2.75) is 25.4 Å². The van der Waals surface area contributed by atoms with Crippen LogP contribution in [-0.2, 0) is 16.1 Å². The minimum atomic E-state index is -4.68. The lowest BCUT2D eigenvalue weighted by Crippen LogP contribution is -2.33. The smallest absolute Gasteiger partial charge is 0.325 e. The number of amides is 1. The van der Waals surface area contributed by atoms with E-state index < -0.39 is 12.5 Å². The van der Waals surface area contributed by atoms with Crippen LogP contribution in [0.5, 0.6) is 0 Å². The number of allylic oxidation sites excluding steroid dienone is 1. The summed E-state index contributed by atoms with van der Waals surface area (Å²) in [7, 11) is 0. The SMILES string of the molecule is O=C1CN(Cc2ccccc2)CC2=C(C=CC(OC(F)(F)F)C2)N1. The molecule has 1 amide bonds. The van der Waals surface area contributed by atoms with Crippen LogP contribution in [0.15, 0.2) is 53.8 Å². The number of halogens is 3. The van der Waals surface area contributed by atoms with Gasteiger partial charge in [-0.05, 0) is 17.2 Å². The quantitative estimate of drug-likeness (QED) is 0.921. The van der Waals surface area contributed by atoms with Crippen LogP contribution in [-0.4, -0.2) is 36.4 Å². The lowest BCUT2D eigenvalue weighted by Gasteiger charge is -2.25. The number of rotatable bonds is 3. The van der Waals surface area contributed by atoms with Crippen LogP contribution >= 0.6 is 0 Å². The number of nitrogens with zero attached hydrogens (tertiary/aromatic N) is 1. The molecule has 0 spiro atoms. The Balaban J connectivity index is 1.73. The Kier molecular flexibility index (Phi) is 4.73. The molecule has 1 aliphatic carbocycles. The maximum atomic E-state index is 12.4. The summed E-state index contributed by atoms with van der Waals surface area (Å²) in [5.41, 5.74) is 2.37. The predicted molar refractivity (Wildman–Crippen MR) is 81.6 cm³/mol. The van der Waals surface area contributed by atoms with Crippen molar-refractivity contribution in [2.75, 3.05) is 13.1 Å². The molecule has 1 atom stereocenters. The molecule has 0 radical (unpaired) electrons. The van der Waals surface area contributed by atoms with E-state index in [0.717, 1.165) is 11.1 Å². The first-order valence-corrected chi connectivity index (χ1v) is 7.60. The van der Waals surface area contributed by atoms with Crippen LogP contribution in [0.3, 0.4) is 0 Å². The molecule has 0 fully saturated rings. The molecule has 0 saturated carbocycles. The maximum Gasteiger partial charge on any atom is 0.523 e. The highest BCUT2D eigenvalue weighted by Crippen LogP contribution is 2.28. The summed E-state index contributed by atoms with van der Waals surface area (Å²) in [4.78, 5) is 13.9. The Bertz CT molecular complexity index is 668. The Morgan fingerprint density at radius 1 is 1.21 bits per heavy atom. The van der Waals surface area contributed by atoms with Gasteiger partial charge < -0.3 is 5.32 Å². The Labute approximate surface area is 137 Å². The zero-order valence-corrected chi connectivity index (χ0v) is 12.8. The summed E-state index contributed by atoms with van der Waals surface area (Å²) in [5.74, 6) is -0.171.